The number of ketones is 1. The molecular weight excluding hydrogens is 246 g/mol. The van der Waals surface area contributed by atoms with E-state index in [9.17, 15) is 9.59 Å². The second-order valence-electron chi connectivity index (χ2n) is 4.81. The largest absolute Gasteiger partial charge is 0.338 e. The van der Waals surface area contributed by atoms with Crippen LogP contribution in [0.3, 0.4) is 0 Å². The highest BCUT2D eigenvalue weighted by Gasteiger charge is 2.27. The van der Waals surface area contributed by atoms with Gasteiger partial charge in [-0.2, -0.15) is 0 Å². The van der Waals surface area contributed by atoms with Crippen molar-refractivity contribution in [2.75, 3.05) is 7.05 Å². The molecule has 1 amide bonds. The third-order valence-corrected chi connectivity index (χ3v) is 4.65. The van der Waals surface area contributed by atoms with Crippen molar-refractivity contribution in [1.82, 2.24) is 4.90 Å². The van der Waals surface area contributed by atoms with Crippen molar-refractivity contribution in [3.63, 3.8) is 0 Å². The van der Waals surface area contributed by atoms with Crippen molar-refractivity contribution in [3.8, 4) is 0 Å². The molecule has 0 bridgehead atoms. The summed E-state index contributed by atoms with van der Waals surface area (Å²) in [7, 11) is 1.86. The maximum atomic E-state index is 12.4. The summed E-state index contributed by atoms with van der Waals surface area (Å²) in [5.74, 6) is 0.443. The van der Waals surface area contributed by atoms with E-state index >= 15 is 0 Å². The van der Waals surface area contributed by atoms with Crippen molar-refractivity contribution in [1.29, 1.82) is 0 Å². The number of carbonyl (C=O) groups is 2. The lowest BCUT2D eigenvalue weighted by Gasteiger charge is -2.30. The predicted molar refractivity (Wildman–Crippen MR) is 73.1 cm³/mol. The topological polar surface area (TPSA) is 37.4 Å². The van der Waals surface area contributed by atoms with Gasteiger partial charge in [-0.3, -0.25) is 9.59 Å². The molecule has 4 heteroatoms. The second-order valence-corrected chi connectivity index (χ2v) is 5.73. The summed E-state index contributed by atoms with van der Waals surface area (Å²) in [6, 6.07) is 2.25. The van der Waals surface area contributed by atoms with Crippen LogP contribution in [0, 0.1) is 0 Å². The molecule has 1 aromatic rings. The van der Waals surface area contributed by atoms with Crippen molar-refractivity contribution < 1.29 is 9.59 Å². The molecule has 18 heavy (non-hydrogen) atoms. The molecule has 0 atom stereocenters. The molecule has 1 heterocycles. The SMILES string of the molecule is CCc1ccsc1C(=O)N(C)C1CCC(=O)CC1. The number of nitrogens with zero attached hydrogens (tertiary/aromatic N) is 1. The molecule has 0 aliphatic heterocycles. The Labute approximate surface area is 112 Å². The molecule has 1 aromatic heterocycles. The van der Waals surface area contributed by atoms with Gasteiger partial charge in [-0.25, -0.2) is 0 Å². The maximum absolute atomic E-state index is 12.4. The fourth-order valence-corrected chi connectivity index (χ4v) is 3.42. The predicted octanol–water partition coefficient (Wildman–Crippen LogP) is 2.89. The monoisotopic (exact) mass is 265 g/mol. The number of carbonyl (C=O) groups excluding carboxylic acids is 2. The zero-order valence-electron chi connectivity index (χ0n) is 10.9. The summed E-state index contributed by atoms with van der Waals surface area (Å²) in [5.41, 5.74) is 1.13. The number of hydrogen-bond acceptors (Lipinski definition) is 3. The van der Waals surface area contributed by atoms with Crippen LogP contribution in [-0.4, -0.2) is 29.7 Å². The molecule has 0 spiro atoms. The van der Waals surface area contributed by atoms with E-state index in [2.05, 4.69) is 6.92 Å². The van der Waals surface area contributed by atoms with Gasteiger partial charge in [0.05, 0.1) is 4.88 Å². The van der Waals surface area contributed by atoms with Crippen LogP contribution in [0.5, 0.6) is 0 Å². The van der Waals surface area contributed by atoms with E-state index in [1.807, 2.05) is 23.4 Å². The molecule has 1 fully saturated rings. The summed E-state index contributed by atoms with van der Waals surface area (Å²) >= 11 is 1.52. The first-order valence-electron chi connectivity index (χ1n) is 6.48. The molecular formula is C14H19NO2S. The van der Waals surface area contributed by atoms with Crippen molar-refractivity contribution in [2.24, 2.45) is 0 Å². The fourth-order valence-electron chi connectivity index (χ4n) is 2.44. The molecule has 0 aromatic carbocycles. The number of Topliss-reactive ketones (excluding diaryl/α,β-unsaturated/α-hetero) is 1. The number of amides is 1. The van der Waals surface area contributed by atoms with E-state index in [4.69, 9.17) is 0 Å². The van der Waals surface area contributed by atoms with Gasteiger partial charge >= 0.3 is 0 Å². The highest BCUT2D eigenvalue weighted by molar-refractivity contribution is 7.12. The average molecular weight is 265 g/mol. The van der Waals surface area contributed by atoms with Gasteiger partial charge in [0.25, 0.3) is 5.91 Å². The smallest absolute Gasteiger partial charge is 0.264 e. The second kappa shape index (κ2) is 5.65. The Balaban J connectivity index is 2.07. The number of thiophene rings is 1. The summed E-state index contributed by atoms with van der Waals surface area (Å²) in [6.07, 6.45) is 3.75. The van der Waals surface area contributed by atoms with E-state index in [1.165, 1.54) is 11.3 Å². The molecule has 0 unspecified atom stereocenters. The fraction of sp³-hybridized carbons (Fsp3) is 0.571. The molecule has 98 valence electrons. The molecule has 0 N–H and O–H groups in total. The van der Waals surface area contributed by atoms with Gasteiger partial charge in [-0.05, 0) is 36.3 Å². The van der Waals surface area contributed by atoms with Gasteiger partial charge in [-0.15, -0.1) is 11.3 Å². The van der Waals surface area contributed by atoms with Gasteiger partial charge in [-0.1, -0.05) is 6.92 Å². The minimum Gasteiger partial charge on any atom is -0.338 e. The van der Waals surface area contributed by atoms with Crippen LogP contribution in [0.15, 0.2) is 11.4 Å². The summed E-state index contributed by atoms with van der Waals surface area (Å²) in [6.45, 7) is 2.07. The first-order valence-corrected chi connectivity index (χ1v) is 7.36. The Kier molecular flexibility index (Phi) is 4.17. The Morgan fingerprint density at radius 2 is 2.11 bits per heavy atom. The van der Waals surface area contributed by atoms with Crippen LogP contribution in [0.2, 0.25) is 0 Å². The summed E-state index contributed by atoms with van der Waals surface area (Å²) < 4.78 is 0. The Hall–Kier alpha value is -1.16. The zero-order valence-corrected chi connectivity index (χ0v) is 11.8. The van der Waals surface area contributed by atoms with Gasteiger partial charge in [0.15, 0.2) is 0 Å². The van der Waals surface area contributed by atoms with E-state index in [-0.39, 0.29) is 11.9 Å². The first-order chi connectivity index (χ1) is 8.63. The molecule has 1 saturated carbocycles. The molecule has 1 aliphatic rings. The first kappa shape index (κ1) is 13.3. The van der Waals surface area contributed by atoms with Crippen molar-refractivity contribution in [3.05, 3.63) is 21.9 Å². The third kappa shape index (κ3) is 2.64. The normalized spacial score (nSPS) is 16.9. The van der Waals surface area contributed by atoms with E-state index in [0.29, 0.717) is 18.6 Å². The van der Waals surface area contributed by atoms with Crippen molar-refractivity contribution >= 4 is 23.0 Å². The number of aryl methyl sites for hydroxylation is 1. The standard InChI is InChI=1S/C14H19NO2S/c1-3-10-8-9-18-13(10)14(17)15(2)11-4-6-12(16)7-5-11/h8-9,11H,3-7H2,1-2H3. The molecule has 1 aliphatic carbocycles. The van der Waals surface area contributed by atoms with E-state index < -0.39 is 0 Å². The highest BCUT2D eigenvalue weighted by Crippen LogP contribution is 2.24. The molecule has 3 nitrogen and oxygen atoms in total. The maximum Gasteiger partial charge on any atom is 0.264 e. The molecule has 2 rings (SSSR count). The quantitative estimate of drug-likeness (QED) is 0.842. The minimum atomic E-state index is 0.112. The zero-order chi connectivity index (χ0) is 13.1. The lowest BCUT2D eigenvalue weighted by Crippen LogP contribution is -2.39. The highest BCUT2D eigenvalue weighted by atomic mass is 32.1. The van der Waals surface area contributed by atoms with E-state index in [0.717, 1.165) is 29.7 Å². The summed E-state index contributed by atoms with van der Waals surface area (Å²) in [5, 5.41) is 1.98. The van der Waals surface area contributed by atoms with Gasteiger partial charge in [0, 0.05) is 25.9 Å². The third-order valence-electron chi connectivity index (χ3n) is 3.70. The van der Waals surface area contributed by atoms with Gasteiger partial charge < -0.3 is 4.90 Å². The minimum absolute atomic E-state index is 0.112. The lowest BCUT2D eigenvalue weighted by molar-refractivity contribution is -0.121. The van der Waals surface area contributed by atoms with Crippen LogP contribution in [0.1, 0.15) is 47.8 Å². The van der Waals surface area contributed by atoms with Crippen LogP contribution >= 0.6 is 11.3 Å². The average Bonchev–Trinajstić information content (AvgIpc) is 2.86. The Morgan fingerprint density at radius 1 is 1.44 bits per heavy atom. The van der Waals surface area contributed by atoms with Crippen LogP contribution in [0.25, 0.3) is 0 Å². The Bertz CT molecular complexity index is 442. The number of rotatable bonds is 3. The molecule has 0 saturated heterocycles. The van der Waals surface area contributed by atoms with Gasteiger partial charge in [0.1, 0.15) is 5.78 Å². The lowest BCUT2D eigenvalue weighted by atomic mass is 9.93. The van der Waals surface area contributed by atoms with Crippen LogP contribution in [-0.2, 0) is 11.2 Å². The number of hydrogen-bond donors (Lipinski definition) is 0. The van der Waals surface area contributed by atoms with Crippen LogP contribution < -0.4 is 0 Å². The summed E-state index contributed by atoms with van der Waals surface area (Å²) in [4.78, 5) is 26.3. The van der Waals surface area contributed by atoms with Crippen molar-refractivity contribution in [2.45, 2.75) is 45.1 Å². The van der Waals surface area contributed by atoms with Crippen LogP contribution in [0.4, 0.5) is 0 Å². The van der Waals surface area contributed by atoms with E-state index in [1.54, 1.807) is 0 Å². The Morgan fingerprint density at radius 3 is 2.72 bits per heavy atom. The van der Waals surface area contributed by atoms with Gasteiger partial charge in [0.2, 0.25) is 0 Å². The molecule has 0 radical (unpaired) electrons.